The molecule has 0 aromatic heterocycles. The summed E-state index contributed by atoms with van der Waals surface area (Å²) in [7, 11) is 0. The minimum Gasteiger partial charge on any atom is -0.493 e. The van der Waals surface area contributed by atoms with Gasteiger partial charge < -0.3 is 10.1 Å². The van der Waals surface area contributed by atoms with Crippen LogP contribution in [-0.4, -0.2) is 12.5 Å². The van der Waals surface area contributed by atoms with E-state index in [1.54, 1.807) is 6.08 Å². The van der Waals surface area contributed by atoms with Gasteiger partial charge in [0.15, 0.2) is 0 Å². The predicted molar refractivity (Wildman–Crippen MR) is 104 cm³/mol. The fourth-order valence-electron chi connectivity index (χ4n) is 2.64. The average Bonchev–Trinajstić information content (AvgIpc) is 2.65. The fourth-order valence-corrected chi connectivity index (χ4v) is 2.64. The van der Waals surface area contributed by atoms with Crippen LogP contribution in [0.25, 0.3) is 16.8 Å². The van der Waals surface area contributed by atoms with Gasteiger partial charge in [0, 0.05) is 22.7 Å². The first-order chi connectivity index (χ1) is 12.3. The van der Waals surface area contributed by atoms with Crippen LogP contribution in [0.15, 0.2) is 72.8 Å². The average molecular weight is 331 g/mol. The Hall–Kier alpha value is -3.07. The van der Waals surface area contributed by atoms with E-state index in [4.69, 9.17) is 4.74 Å². The molecule has 25 heavy (non-hydrogen) atoms. The molecule has 0 atom stereocenters. The smallest absolute Gasteiger partial charge is 0.248 e. The zero-order valence-electron chi connectivity index (χ0n) is 14.2. The zero-order valence-corrected chi connectivity index (χ0v) is 14.2. The number of hydrogen-bond donors (Lipinski definition) is 1. The molecule has 0 saturated carbocycles. The van der Waals surface area contributed by atoms with E-state index in [-0.39, 0.29) is 5.91 Å². The Morgan fingerprint density at radius 1 is 1.00 bits per heavy atom. The van der Waals surface area contributed by atoms with E-state index in [0.29, 0.717) is 6.61 Å². The molecule has 1 N–H and O–H groups in total. The summed E-state index contributed by atoms with van der Waals surface area (Å²) in [4.78, 5) is 12.3. The van der Waals surface area contributed by atoms with Crippen LogP contribution in [0.2, 0.25) is 0 Å². The van der Waals surface area contributed by atoms with Crippen LogP contribution in [0.5, 0.6) is 5.75 Å². The van der Waals surface area contributed by atoms with Crippen molar-refractivity contribution >= 4 is 28.4 Å². The molecule has 1 amide bonds. The van der Waals surface area contributed by atoms with Crippen molar-refractivity contribution in [3.63, 3.8) is 0 Å². The van der Waals surface area contributed by atoms with Gasteiger partial charge in [0.1, 0.15) is 5.75 Å². The second-order valence-electron chi connectivity index (χ2n) is 5.74. The van der Waals surface area contributed by atoms with Gasteiger partial charge in [-0.05, 0) is 30.0 Å². The Kier molecular flexibility index (Phi) is 5.47. The third-order valence-corrected chi connectivity index (χ3v) is 3.84. The lowest BCUT2D eigenvalue weighted by molar-refractivity contribution is -0.111. The standard InChI is InChI=1S/C22H21NO2/c1-2-16-25-21-13-6-4-9-18(21)14-15-22(24)23-20-12-7-10-17-8-3-5-11-19(17)20/h3-15H,2,16H2,1H3,(H,23,24). The lowest BCUT2D eigenvalue weighted by Crippen LogP contribution is -2.08. The van der Waals surface area contributed by atoms with E-state index in [0.717, 1.165) is 34.2 Å². The SMILES string of the molecule is CCCOc1ccccc1C=CC(=O)Nc1cccc2ccccc12. The summed E-state index contributed by atoms with van der Waals surface area (Å²) < 4.78 is 5.71. The molecule has 0 aliphatic rings. The number of para-hydroxylation sites is 1. The van der Waals surface area contributed by atoms with Crippen LogP contribution in [0.4, 0.5) is 5.69 Å². The van der Waals surface area contributed by atoms with Crippen molar-refractivity contribution in [2.45, 2.75) is 13.3 Å². The zero-order chi connectivity index (χ0) is 17.5. The highest BCUT2D eigenvalue weighted by Crippen LogP contribution is 2.23. The maximum Gasteiger partial charge on any atom is 0.248 e. The molecule has 126 valence electrons. The van der Waals surface area contributed by atoms with Crippen LogP contribution in [-0.2, 0) is 4.79 Å². The van der Waals surface area contributed by atoms with Crippen molar-refractivity contribution in [3.05, 3.63) is 78.4 Å². The van der Waals surface area contributed by atoms with E-state index in [2.05, 4.69) is 12.2 Å². The van der Waals surface area contributed by atoms with Crippen molar-refractivity contribution < 1.29 is 9.53 Å². The van der Waals surface area contributed by atoms with Gasteiger partial charge in [0.05, 0.1) is 6.61 Å². The molecule has 0 saturated heterocycles. The maximum atomic E-state index is 12.3. The van der Waals surface area contributed by atoms with Gasteiger partial charge in [-0.15, -0.1) is 0 Å². The van der Waals surface area contributed by atoms with Crippen molar-refractivity contribution in [2.75, 3.05) is 11.9 Å². The molecule has 3 heteroatoms. The van der Waals surface area contributed by atoms with Crippen molar-refractivity contribution in [1.29, 1.82) is 0 Å². The summed E-state index contributed by atoms with van der Waals surface area (Å²) in [6.45, 7) is 2.73. The molecule has 3 nitrogen and oxygen atoms in total. The fraction of sp³-hybridized carbons (Fsp3) is 0.136. The van der Waals surface area contributed by atoms with Crippen LogP contribution in [0, 0.1) is 0 Å². The highest BCUT2D eigenvalue weighted by molar-refractivity contribution is 6.07. The third kappa shape index (κ3) is 4.27. The summed E-state index contributed by atoms with van der Waals surface area (Å²) in [5.74, 6) is 0.625. The number of benzene rings is 3. The van der Waals surface area contributed by atoms with Crippen LogP contribution in [0.1, 0.15) is 18.9 Å². The quantitative estimate of drug-likeness (QED) is 0.624. The largest absolute Gasteiger partial charge is 0.493 e. The number of anilines is 1. The highest BCUT2D eigenvalue weighted by atomic mass is 16.5. The summed E-state index contributed by atoms with van der Waals surface area (Å²) >= 11 is 0. The van der Waals surface area contributed by atoms with Gasteiger partial charge in [0.2, 0.25) is 5.91 Å². The van der Waals surface area contributed by atoms with Gasteiger partial charge in [-0.3, -0.25) is 4.79 Å². The van der Waals surface area contributed by atoms with Crippen LogP contribution >= 0.6 is 0 Å². The number of ether oxygens (including phenoxy) is 1. The van der Waals surface area contributed by atoms with Crippen LogP contribution < -0.4 is 10.1 Å². The van der Waals surface area contributed by atoms with E-state index >= 15 is 0 Å². The van der Waals surface area contributed by atoms with Crippen molar-refractivity contribution in [2.24, 2.45) is 0 Å². The Bertz CT molecular complexity index is 894. The lowest BCUT2D eigenvalue weighted by atomic mass is 10.1. The maximum absolute atomic E-state index is 12.3. The highest BCUT2D eigenvalue weighted by Gasteiger charge is 2.04. The van der Waals surface area contributed by atoms with E-state index in [9.17, 15) is 4.79 Å². The molecule has 0 fully saturated rings. The van der Waals surface area contributed by atoms with Gasteiger partial charge in [-0.2, -0.15) is 0 Å². The first-order valence-corrected chi connectivity index (χ1v) is 8.46. The Morgan fingerprint density at radius 3 is 2.64 bits per heavy atom. The van der Waals surface area contributed by atoms with Gasteiger partial charge in [0.25, 0.3) is 0 Å². The third-order valence-electron chi connectivity index (χ3n) is 3.84. The van der Waals surface area contributed by atoms with Gasteiger partial charge >= 0.3 is 0 Å². The molecule has 0 aliphatic carbocycles. The van der Waals surface area contributed by atoms with Gasteiger partial charge in [-0.1, -0.05) is 61.5 Å². The number of fused-ring (bicyclic) bond motifs is 1. The van der Waals surface area contributed by atoms with E-state index in [1.807, 2.05) is 66.7 Å². The normalized spacial score (nSPS) is 10.9. The first-order valence-electron chi connectivity index (χ1n) is 8.46. The topological polar surface area (TPSA) is 38.3 Å². The number of nitrogens with one attached hydrogen (secondary N) is 1. The number of carbonyl (C=O) groups excluding carboxylic acids is 1. The van der Waals surface area contributed by atoms with E-state index in [1.165, 1.54) is 6.08 Å². The second kappa shape index (κ2) is 8.15. The minimum atomic E-state index is -0.165. The summed E-state index contributed by atoms with van der Waals surface area (Å²) in [6, 6.07) is 21.6. The Morgan fingerprint density at radius 2 is 1.76 bits per heavy atom. The molecule has 0 bridgehead atoms. The Balaban J connectivity index is 1.75. The summed E-state index contributed by atoms with van der Waals surface area (Å²) in [6.07, 6.45) is 4.26. The minimum absolute atomic E-state index is 0.165. The molecular weight excluding hydrogens is 310 g/mol. The lowest BCUT2D eigenvalue weighted by Gasteiger charge is -2.08. The monoisotopic (exact) mass is 331 g/mol. The molecule has 0 spiro atoms. The molecule has 0 aliphatic heterocycles. The van der Waals surface area contributed by atoms with Crippen LogP contribution in [0.3, 0.4) is 0 Å². The van der Waals surface area contributed by atoms with E-state index < -0.39 is 0 Å². The first kappa shape index (κ1) is 16.8. The summed E-state index contributed by atoms with van der Waals surface area (Å²) in [5.41, 5.74) is 1.70. The molecule has 3 aromatic rings. The number of amides is 1. The van der Waals surface area contributed by atoms with Crippen molar-refractivity contribution in [3.8, 4) is 5.75 Å². The Labute approximate surface area is 147 Å². The second-order valence-corrected chi connectivity index (χ2v) is 5.74. The molecule has 3 aromatic carbocycles. The molecule has 3 rings (SSSR count). The van der Waals surface area contributed by atoms with Gasteiger partial charge in [-0.25, -0.2) is 0 Å². The van der Waals surface area contributed by atoms with Crippen molar-refractivity contribution in [1.82, 2.24) is 0 Å². The molecule has 0 heterocycles. The molecular formula is C22H21NO2. The number of hydrogen-bond acceptors (Lipinski definition) is 2. The predicted octanol–water partition coefficient (Wildman–Crippen LogP) is 5.28. The summed E-state index contributed by atoms with van der Waals surface area (Å²) in [5, 5.41) is 5.08. The molecule has 0 radical (unpaired) electrons. The number of carbonyl (C=O) groups is 1. The molecule has 0 unspecified atom stereocenters. The number of rotatable bonds is 6.